The van der Waals surface area contributed by atoms with Crippen LogP contribution in [0.25, 0.3) is 0 Å². The zero-order chi connectivity index (χ0) is 26.1. The lowest BCUT2D eigenvalue weighted by Crippen LogP contribution is -2.18. The molecule has 2 aromatic rings. The van der Waals surface area contributed by atoms with Gasteiger partial charge < -0.3 is 14.7 Å². The van der Waals surface area contributed by atoms with Crippen molar-refractivity contribution in [3.63, 3.8) is 0 Å². The largest absolute Gasteiger partial charge is 0.414 e. The molecule has 0 fully saturated rings. The molecule has 0 saturated carbocycles. The molecule has 0 aliphatic carbocycles. The summed E-state index contributed by atoms with van der Waals surface area (Å²) in [5, 5.41) is 0. The van der Waals surface area contributed by atoms with Crippen molar-refractivity contribution in [3.8, 4) is 11.5 Å². The van der Waals surface area contributed by atoms with Crippen molar-refractivity contribution >= 4 is 8.60 Å². The highest BCUT2D eigenvalue weighted by molar-refractivity contribution is 7.40. The van der Waals surface area contributed by atoms with Gasteiger partial charge in [-0.1, -0.05) is 107 Å². The minimum absolute atomic E-state index is 0.00718. The molecule has 0 spiro atoms. The number of hydrogen-bond acceptors (Lipinski definition) is 5. The molecule has 0 amide bonds. The Balaban J connectivity index is 2.14. The van der Waals surface area contributed by atoms with Crippen molar-refractivity contribution in [1.82, 2.24) is 0 Å². The minimum Gasteiger partial charge on any atom is -0.329 e. The molecule has 34 heavy (non-hydrogen) atoms. The van der Waals surface area contributed by atoms with Crippen LogP contribution in [0.4, 0.5) is 0 Å². The van der Waals surface area contributed by atoms with Crippen molar-refractivity contribution in [2.24, 2.45) is 0 Å². The summed E-state index contributed by atoms with van der Waals surface area (Å²) in [5.41, 5.74) is 4.03. The van der Waals surface area contributed by atoms with Gasteiger partial charge in [0, 0.05) is 11.1 Å². The van der Waals surface area contributed by atoms with E-state index in [1.54, 1.807) is 0 Å². The van der Waals surface area contributed by atoms with Crippen molar-refractivity contribution in [2.75, 3.05) is 0 Å². The van der Waals surface area contributed by atoms with E-state index < -0.39 is 8.60 Å². The maximum absolute atomic E-state index is 10.3. The van der Waals surface area contributed by atoms with E-state index in [0.29, 0.717) is 11.5 Å². The SMILES string of the molecule is CC(C)(C)c1ccc(OOP(O)OOc2ccc(C(C)(C)C)cc2C(C)(C)C)c(C(C)(C)C)c1. The molecule has 0 heterocycles. The van der Waals surface area contributed by atoms with Gasteiger partial charge in [-0.2, -0.15) is 0 Å². The third-order valence-corrected chi connectivity index (χ3v) is 6.09. The first kappa shape index (κ1) is 28.6. The maximum Gasteiger partial charge on any atom is 0.414 e. The lowest BCUT2D eigenvalue weighted by molar-refractivity contribution is -0.172. The van der Waals surface area contributed by atoms with Crippen LogP contribution in [-0.4, -0.2) is 4.89 Å². The van der Waals surface area contributed by atoms with E-state index in [9.17, 15) is 4.89 Å². The van der Waals surface area contributed by atoms with Crippen LogP contribution < -0.4 is 9.78 Å². The molecule has 190 valence electrons. The van der Waals surface area contributed by atoms with Gasteiger partial charge in [-0.15, -0.1) is 9.35 Å². The van der Waals surface area contributed by atoms with E-state index >= 15 is 0 Å². The quantitative estimate of drug-likeness (QED) is 0.250. The average Bonchev–Trinajstić information content (AvgIpc) is 2.67. The van der Waals surface area contributed by atoms with Crippen LogP contribution >= 0.6 is 8.60 Å². The summed E-state index contributed by atoms with van der Waals surface area (Å²) in [6.07, 6.45) is 0. The first-order chi connectivity index (χ1) is 15.3. The Morgan fingerprint density at radius 2 is 0.853 bits per heavy atom. The summed E-state index contributed by atoms with van der Waals surface area (Å²) in [5.74, 6) is 1.08. The zero-order valence-electron chi connectivity index (χ0n) is 23.0. The summed E-state index contributed by atoms with van der Waals surface area (Å²) in [6, 6.07) is 12.0. The molecule has 0 aliphatic rings. The summed E-state index contributed by atoms with van der Waals surface area (Å²) in [6.45, 7) is 25.7. The molecular formula is C28H43O5P. The lowest BCUT2D eigenvalue weighted by Gasteiger charge is -2.27. The molecule has 0 atom stereocenters. The molecule has 6 heteroatoms. The topological polar surface area (TPSA) is 57.2 Å². The third kappa shape index (κ3) is 7.68. The molecule has 0 saturated heterocycles. The Kier molecular flexibility index (Phi) is 8.53. The second-order valence-corrected chi connectivity index (χ2v) is 13.7. The minimum atomic E-state index is -2.43. The number of rotatable bonds is 6. The van der Waals surface area contributed by atoms with Gasteiger partial charge >= 0.3 is 8.60 Å². The van der Waals surface area contributed by atoms with Gasteiger partial charge in [0.2, 0.25) is 0 Å². The molecule has 0 aliphatic heterocycles. The second kappa shape index (κ2) is 10.1. The van der Waals surface area contributed by atoms with E-state index in [1.165, 1.54) is 11.1 Å². The Morgan fingerprint density at radius 3 is 1.12 bits per heavy atom. The van der Waals surface area contributed by atoms with E-state index in [4.69, 9.17) is 19.1 Å². The number of benzene rings is 2. The predicted octanol–water partition coefficient (Wildman–Crippen LogP) is 8.42. The molecule has 0 aromatic heterocycles. The van der Waals surface area contributed by atoms with Gasteiger partial charge in [0.15, 0.2) is 11.5 Å². The standard InChI is InChI=1S/C28H43O5P/c1-25(2,3)19-13-15-23(21(17-19)27(7,8)9)30-32-34(29)33-31-24-16-14-20(26(4,5)6)18-22(24)28(10,11)12/h13-18,29H,1-12H3. The molecule has 1 N–H and O–H groups in total. The molecule has 5 nitrogen and oxygen atoms in total. The lowest BCUT2D eigenvalue weighted by atomic mass is 9.80. The summed E-state index contributed by atoms with van der Waals surface area (Å²) in [4.78, 5) is 21.3. The van der Waals surface area contributed by atoms with Crippen molar-refractivity contribution in [1.29, 1.82) is 0 Å². The van der Waals surface area contributed by atoms with Crippen LogP contribution in [-0.2, 0) is 31.0 Å². The monoisotopic (exact) mass is 490 g/mol. The molecule has 2 aromatic carbocycles. The highest BCUT2D eigenvalue weighted by Gasteiger charge is 2.26. The average molecular weight is 491 g/mol. The molecule has 0 radical (unpaired) electrons. The first-order valence-electron chi connectivity index (χ1n) is 11.8. The molecular weight excluding hydrogens is 447 g/mol. The van der Waals surface area contributed by atoms with Crippen LogP contribution in [0.3, 0.4) is 0 Å². The van der Waals surface area contributed by atoms with Gasteiger partial charge in [0.1, 0.15) is 0 Å². The van der Waals surface area contributed by atoms with Gasteiger partial charge in [0.25, 0.3) is 0 Å². The van der Waals surface area contributed by atoms with Crippen LogP contribution in [0.1, 0.15) is 105 Å². The summed E-state index contributed by atoms with van der Waals surface area (Å²) in [7, 11) is -2.43. The Bertz CT molecular complexity index is 893. The van der Waals surface area contributed by atoms with E-state index in [0.717, 1.165) is 11.1 Å². The fourth-order valence-corrected chi connectivity index (χ4v) is 3.78. The fraction of sp³-hybridized carbons (Fsp3) is 0.571. The Hall–Kier alpha value is -1.65. The van der Waals surface area contributed by atoms with Gasteiger partial charge in [-0.05, 0) is 44.9 Å². The third-order valence-electron chi connectivity index (χ3n) is 5.69. The number of hydrogen-bond donors (Lipinski definition) is 1. The predicted molar refractivity (Wildman–Crippen MR) is 140 cm³/mol. The van der Waals surface area contributed by atoms with E-state index in [2.05, 4.69) is 95.2 Å². The molecule has 0 unspecified atom stereocenters. The molecule has 0 bridgehead atoms. The van der Waals surface area contributed by atoms with Crippen molar-refractivity contribution < 1.29 is 24.0 Å². The maximum atomic E-state index is 10.3. The fourth-order valence-electron chi connectivity index (χ4n) is 3.47. The second-order valence-electron chi connectivity index (χ2n) is 13.0. The summed E-state index contributed by atoms with van der Waals surface area (Å²) >= 11 is 0. The van der Waals surface area contributed by atoms with Crippen molar-refractivity contribution in [3.05, 3.63) is 58.7 Å². The van der Waals surface area contributed by atoms with Crippen molar-refractivity contribution in [2.45, 2.75) is 105 Å². The van der Waals surface area contributed by atoms with E-state index in [-0.39, 0.29) is 21.7 Å². The van der Waals surface area contributed by atoms with Crippen LogP contribution in [0.5, 0.6) is 11.5 Å². The Morgan fingerprint density at radius 1 is 0.529 bits per heavy atom. The highest BCUT2D eigenvalue weighted by atomic mass is 31.2. The molecule has 2 rings (SSSR count). The first-order valence-corrected chi connectivity index (χ1v) is 12.9. The van der Waals surface area contributed by atoms with Crippen LogP contribution in [0, 0.1) is 0 Å². The smallest absolute Gasteiger partial charge is 0.329 e. The van der Waals surface area contributed by atoms with Gasteiger partial charge in [-0.3, -0.25) is 0 Å². The highest BCUT2D eigenvalue weighted by Crippen LogP contribution is 2.41. The van der Waals surface area contributed by atoms with Crippen LogP contribution in [0.2, 0.25) is 0 Å². The van der Waals surface area contributed by atoms with Gasteiger partial charge in [0.05, 0.1) is 0 Å². The Labute approximate surface area is 207 Å². The zero-order valence-corrected chi connectivity index (χ0v) is 23.9. The van der Waals surface area contributed by atoms with Gasteiger partial charge in [-0.25, -0.2) is 0 Å². The van der Waals surface area contributed by atoms with E-state index in [1.807, 2.05) is 24.3 Å². The van der Waals surface area contributed by atoms with Crippen LogP contribution in [0.15, 0.2) is 36.4 Å². The normalized spacial score (nSPS) is 13.4. The summed E-state index contributed by atoms with van der Waals surface area (Å²) < 4.78 is 10.4.